The van der Waals surface area contributed by atoms with Gasteiger partial charge in [0, 0.05) is 24.3 Å². The average Bonchev–Trinajstić information content (AvgIpc) is 2.97. The number of aromatic nitrogens is 1. The van der Waals surface area contributed by atoms with Gasteiger partial charge >= 0.3 is 0 Å². The van der Waals surface area contributed by atoms with E-state index in [9.17, 15) is 8.78 Å². The van der Waals surface area contributed by atoms with Crippen LogP contribution in [0.15, 0.2) is 36.7 Å². The van der Waals surface area contributed by atoms with Gasteiger partial charge in [0.15, 0.2) is 0 Å². The lowest BCUT2D eigenvalue weighted by Crippen LogP contribution is -2.33. The van der Waals surface area contributed by atoms with E-state index in [0.717, 1.165) is 31.4 Å². The lowest BCUT2D eigenvalue weighted by molar-refractivity contribution is 0.618. The topological polar surface area (TPSA) is 28.2 Å². The van der Waals surface area contributed by atoms with Gasteiger partial charge in [-0.05, 0) is 31.2 Å². The van der Waals surface area contributed by atoms with Crippen LogP contribution in [-0.4, -0.2) is 24.1 Å². The molecular formula is C15H14ClF2N3. The molecule has 0 spiro atoms. The average molecular weight is 310 g/mol. The Kier molecular flexibility index (Phi) is 4.03. The number of rotatable bonds is 3. The van der Waals surface area contributed by atoms with Gasteiger partial charge < -0.3 is 10.2 Å². The number of benzene rings is 1. The highest BCUT2D eigenvalue weighted by Crippen LogP contribution is 2.32. The molecule has 0 aliphatic carbocycles. The fourth-order valence-electron chi connectivity index (χ4n) is 2.60. The number of hydrogen-bond acceptors (Lipinski definition) is 3. The van der Waals surface area contributed by atoms with E-state index in [1.54, 1.807) is 18.3 Å². The third-order valence-corrected chi connectivity index (χ3v) is 3.84. The van der Waals surface area contributed by atoms with Gasteiger partial charge in [0.05, 0.1) is 23.1 Å². The van der Waals surface area contributed by atoms with Gasteiger partial charge in [-0.2, -0.15) is 0 Å². The van der Waals surface area contributed by atoms with E-state index in [-0.39, 0.29) is 11.1 Å². The highest BCUT2D eigenvalue weighted by molar-refractivity contribution is 6.31. The smallest absolute Gasteiger partial charge is 0.143 e. The largest absolute Gasteiger partial charge is 0.336 e. The van der Waals surface area contributed by atoms with Crippen molar-refractivity contribution in [3.05, 3.63) is 53.3 Å². The molecule has 1 atom stereocenters. The molecule has 3 rings (SSSR count). The molecule has 0 saturated carbocycles. The zero-order valence-electron chi connectivity index (χ0n) is 11.2. The van der Waals surface area contributed by atoms with Crippen LogP contribution in [-0.2, 0) is 0 Å². The highest BCUT2D eigenvalue weighted by atomic mass is 35.5. The Labute approximate surface area is 126 Å². The van der Waals surface area contributed by atoms with Crippen LogP contribution in [0.25, 0.3) is 0 Å². The predicted molar refractivity (Wildman–Crippen MR) is 79.0 cm³/mol. The molecule has 1 saturated heterocycles. The predicted octanol–water partition coefficient (Wildman–Crippen LogP) is 3.51. The summed E-state index contributed by atoms with van der Waals surface area (Å²) in [4.78, 5) is 5.84. The van der Waals surface area contributed by atoms with E-state index in [0.29, 0.717) is 5.69 Å². The maximum Gasteiger partial charge on any atom is 0.143 e. The Hall–Kier alpha value is -1.72. The molecule has 1 aliphatic rings. The van der Waals surface area contributed by atoms with Gasteiger partial charge in [-0.1, -0.05) is 11.6 Å². The Morgan fingerprint density at radius 3 is 2.71 bits per heavy atom. The molecule has 1 aliphatic heterocycles. The number of halogens is 3. The van der Waals surface area contributed by atoms with Crippen molar-refractivity contribution in [3.63, 3.8) is 0 Å². The minimum atomic E-state index is -0.470. The zero-order chi connectivity index (χ0) is 14.8. The fourth-order valence-corrected chi connectivity index (χ4v) is 2.77. The minimum Gasteiger partial charge on any atom is -0.336 e. The molecule has 1 fully saturated rings. The Balaban J connectivity index is 2.05. The van der Waals surface area contributed by atoms with Crippen LogP contribution in [0.5, 0.6) is 0 Å². The quantitative estimate of drug-likeness (QED) is 0.940. The van der Waals surface area contributed by atoms with Gasteiger partial charge in [0.25, 0.3) is 0 Å². The molecular weight excluding hydrogens is 296 g/mol. The molecule has 1 N–H and O–H groups in total. The third kappa shape index (κ3) is 2.99. The normalized spacial score (nSPS) is 18.0. The van der Waals surface area contributed by atoms with E-state index in [1.807, 2.05) is 4.90 Å². The number of hydrogen-bond donors (Lipinski definition) is 1. The molecule has 2 heterocycles. The van der Waals surface area contributed by atoms with E-state index in [1.165, 1.54) is 12.1 Å². The van der Waals surface area contributed by atoms with Crippen molar-refractivity contribution in [2.75, 3.05) is 18.0 Å². The summed E-state index contributed by atoms with van der Waals surface area (Å²) in [5, 5.41) is 3.32. The van der Waals surface area contributed by atoms with Gasteiger partial charge in [-0.15, -0.1) is 0 Å². The summed E-state index contributed by atoms with van der Waals surface area (Å²) in [5.41, 5.74) is 1.36. The SMILES string of the molecule is Fc1cncc(N(c2ccc(F)c(Cl)c2)C2CCNC2)c1. The van der Waals surface area contributed by atoms with Gasteiger partial charge in [0.1, 0.15) is 11.6 Å². The first-order chi connectivity index (χ1) is 10.1. The van der Waals surface area contributed by atoms with Crippen molar-refractivity contribution >= 4 is 23.0 Å². The van der Waals surface area contributed by atoms with Crippen LogP contribution in [0.1, 0.15) is 6.42 Å². The first-order valence-corrected chi connectivity index (χ1v) is 7.08. The first-order valence-electron chi connectivity index (χ1n) is 6.71. The van der Waals surface area contributed by atoms with Crippen molar-refractivity contribution in [2.24, 2.45) is 0 Å². The van der Waals surface area contributed by atoms with Crippen molar-refractivity contribution < 1.29 is 8.78 Å². The molecule has 0 amide bonds. The maximum absolute atomic E-state index is 13.5. The van der Waals surface area contributed by atoms with Gasteiger partial charge in [-0.25, -0.2) is 8.78 Å². The van der Waals surface area contributed by atoms with Crippen LogP contribution in [0.4, 0.5) is 20.2 Å². The summed E-state index contributed by atoms with van der Waals surface area (Å²) < 4.78 is 26.9. The number of anilines is 2. The molecule has 0 radical (unpaired) electrons. The summed E-state index contributed by atoms with van der Waals surface area (Å²) in [7, 11) is 0. The fraction of sp³-hybridized carbons (Fsp3) is 0.267. The highest BCUT2D eigenvalue weighted by Gasteiger charge is 2.25. The molecule has 1 aromatic carbocycles. The molecule has 2 aromatic rings. The second-order valence-corrected chi connectivity index (χ2v) is 5.38. The van der Waals surface area contributed by atoms with Crippen LogP contribution < -0.4 is 10.2 Å². The second kappa shape index (κ2) is 5.95. The standard InChI is InChI=1S/C15H14ClF2N3/c16-14-6-11(1-2-15(14)18)21(12-3-4-19-8-12)13-5-10(17)7-20-9-13/h1-2,5-7,9,12,19H,3-4,8H2. The Bertz CT molecular complexity index is 645. The lowest BCUT2D eigenvalue weighted by Gasteiger charge is -2.30. The van der Waals surface area contributed by atoms with Crippen LogP contribution in [0.3, 0.4) is 0 Å². The maximum atomic E-state index is 13.5. The van der Waals surface area contributed by atoms with Crippen molar-refractivity contribution in [2.45, 2.75) is 12.5 Å². The molecule has 110 valence electrons. The molecule has 6 heteroatoms. The van der Waals surface area contributed by atoms with Gasteiger partial charge in [-0.3, -0.25) is 4.98 Å². The second-order valence-electron chi connectivity index (χ2n) is 4.98. The third-order valence-electron chi connectivity index (χ3n) is 3.55. The minimum absolute atomic E-state index is 0.0489. The summed E-state index contributed by atoms with van der Waals surface area (Å²) in [6.07, 6.45) is 3.66. The van der Waals surface area contributed by atoms with Gasteiger partial charge in [0.2, 0.25) is 0 Å². The monoisotopic (exact) mass is 309 g/mol. The van der Waals surface area contributed by atoms with Crippen LogP contribution >= 0.6 is 11.6 Å². The van der Waals surface area contributed by atoms with Crippen LogP contribution in [0, 0.1) is 11.6 Å². The lowest BCUT2D eigenvalue weighted by atomic mass is 10.1. The number of nitrogens with one attached hydrogen (secondary N) is 1. The zero-order valence-corrected chi connectivity index (χ0v) is 11.9. The van der Waals surface area contributed by atoms with Crippen LogP contribution in [0.2, 0.25) is 5.02 Å². The van der Waals surface area contributed by atoms with E-state index in [2.05, 4.69) is 10.3 Å². The molecule has 1 unspecified atom stereocenters. The summed E-state index contributed by atoms with van der Waals surface area (Å²) in [6, 6.07) is 6.09. The molecule has 3 nitrogen and oxygen atoms in total. The van der Waals surface area contributed by atoms with E-state index >= 15 is 0 Å². The van der Waals surface area contributed by atoms with Crippen molar-refractivity contribution in [1.29, 1.82) is 0 Å². The molecule has 0 bridgehead atoms. The van der Waals surface area contributed by atoms with Crippen molar-refractivity contribution in [1.82, 2.24) is 10.3 Å². The number of nitrogens with zero attached hydrogens (tertiary/aromatic N) is 2. The van der Waals surface area contributed by atoms with E-state index < -0.39 is 11.6 Å². The first kappa shape index (κ1) is 14.2. The van der Waals surface area contributed by atoms with E-state index in [4.69, 9.17) is 11.6 Å². The summed E-state index contributed by atoms with van der Waals surface area (Å²) in [6.45, 7) is 1.66. The molecule has 1 aromatic heterocycles. The number of pyridine rings is 1. The molecule has 21 heavy (non-hydrogen) atoms. The summed E-state index contributed by atoms with van der Waals surface area (Å²) >= 11 is 5.88. The van der Waals surface area contributed by atoms with Crippen molar-refractivity contribution in [3.8, 4) is 0 Å². The Morgan fingerprint density at radius 1 is 1.19 bits per heavy atom. The Morgan fingerprint density at radius 2 is 2.05 bits per heavy atom. The summed E-state index contributed by atoms with van der Waals surface area (Å²) in [5.74, 6) is -0.876.